The molecule has 1 aromatic rings. The molecule has 0 heterocycles. The van der Waals surface area contributed by atoms with Gasteiger partial charge in [-0.1, -0.05) is 0 Å². The predicted molar refractivity (Wildman–Crippen MR) is 102 cm³/mol. The van der Waals surface area contributed by atoms with Gasteiger partial charge in [-0.05, 0) is 83.6 Å². The predicted octanol–water partition coefficient (Wildman–Crippen LogP) is 4.25. The normalized spacial score (nSPS) is 20.3. The molecular formula is C20H30N2O4. The Kier molecular flexibility index (Phi) is 6.16. The lowest BCUT2D eigenvalue weighted by molar-refractivity contribution is 0.0491. The molecule has 0 atom stereocenters. The second kappa shape index (κ2) is 7.98. The smallest absolute Gasteiger partial charge is 0.407 e. The van der Waals surface area contributed by atoms with Crippen LogP contribution in [0.3, 0.4) is 0 Å². The molecule has 0 unspecified atom stereocenters. The molecule has 144 valence electrons. The molecular weight excluding hydrogens is 332 g/mol. The van der Waals surface area contributed by atoms with Crippen molar-refractivity contribution >= 4 is 17.7 Å². The summed E-state index contributed by atoms with van der Waals surface area (Å²) < 4.78 is 5.30. The number of carboxylic acid groups (broad SMARTS) is 1. The highest BCUT2D eigenvalue weighted by Gasteiger charge is 2.25. The number of carbonyl (C=O) groups excluding carboxylic acids is 1. The van der Waals surface area contributed by atoms with Crippen molar-refractivity contribution in [3.8, 4) is 0 Å². The van der Waals surface area contributed by atoms with E-state index in [-0.39, 0.29) is 18.2 Å². The van der Waals surface area contributed by atoms with Crippen LogP contribution in [0.15, 0.2) is 12.1 Å². The number of carbonyl (C=O) groups is 2. The zero-order valence-corrected chi connectivity index (χ0v) is 16.3. The van der Waals surface area contributed by atoms with Gasteiger partial charge in [-0.3, -0.25) is 0 Å². The quantitative estimate of drug-likeness (QED) is 0.745. The lowest BCUT2D eigenvalue weighted by Gasteiger charge is -2.31. The van der Waals surface area contributed by atoms with Crippen molar-refractivity contribution in [3.63, 3.8) is 0 Å². The van der Waals surface area contributed by atoms with Crippen LogP contribution in [0.5, 0.6) is 0 Å². The monoisotopic (exact) mass is 362 g/mol. The third kappa shape index (κ3) is 5.64. The molecule has 1 aliphatic rings. The Morgan fingerprint density at radius 1 is 1.08 bits per heavy atom. The fraction of sp³-hybridized carbons (Fsp3) is 0.600. The largest absolute Gasteiger partial charge is 0.478 e. The number of hydrogen-bond donors (Lipinski definition) is 3. The van der Waals surface area contributed by atoms with Gasteiger partial charge in [0.2, 0.25) is 0 Å². The van der Waals surface area contributed by atoms with Crippen molar-refractivity contribution in [1.29, 1.82) is 0 Å². The second-order valence-electron chi connectivity index (χ2n) is 8.11. The Labute approximate surface area is 155 Å². The molecule has 0 radical (unpaired) electrons. The van der Waals surface area contributed by atoms with Crippen molar-refractivity contribution in [2.45, 2.75) is 78.0 Å². The van der Waals surface area contributed by atoms with E-state index >= 15 is 0 Å². The van der Waals surface area contributed by atoms with Gasteiger partial charge in [-0.2, -0.15) is 0 Å². The zero-order valence-electron chi connectivity index (χ0n) is 16.3. The molecule has 1 aliphatic carbocycles. The molecule has 1 aromatic carbocycles. The van der Waals surface area contributed by atoms with Gasteiger partial charge in [-0.25, -0.2) is 9.59 Å². The molecule has 6 heteroatoms. The van der Waals surface area contributed by atoms with Crippen LogP contribution in [-0.4, -0.2) is 34.9 Å². The molecule has 0 spiro atoms. The molecule has 0 aromatic heterocycles. The van der Waals surface area contributed by atoms with E-state index in [2.05, 4.69) is 10.6 Å². The molecule has 26 heavy (non-hydrogen) atoms. The molecule has 6 nitrogen and oxygen atoms in total. The Balaban J connectivity index is 1.89. The van der Waals surface area contributed by atoms with Crippen LogP contribution in [0, 0.1) is 13.8 Å². The summed E-state index contributed by atoms with van der Waals surface area (Å²) in [6.45, 7) is 9.30. The van der Waals surface area contributed by atoms with Gasteiger partial charge in [0, 0.05) is 17.8 Å². The minimum absolute atomic E-state index is 0.122. The first-order valence-corrected chi connectivity index (χ1v) is 9.16. The van der Waals surface area contributed by atoms with Gasteiger partial charge in [0.15, 0.2) is 0 Å². The number of nitrogens with one attached hydrogen (secondary N) is 2. The van der Waals surface area contributed by atoms with E-state index < -0.39 is 11.6 Å². The third-order valence-electron chi connectivity index (χ3n) is 4.72. The Hall–Kier alpha value is -2.24. The van der Waals surface area contributed by atoms with Crippen LogP contribution in [-0.2, 0) is 4.74 Å². The van der Waals surface area contributed by atoms with E-state index in [9.17, 15) is 14.7 Å². The van der Waals surface area contributed by atoms with Gasteiger partial charge in [0.05, 0.1) is 5.56 Å². The summed E-state index contributed by atoms with van der Waals surface area (Å²) in [6, 6.07) is 4.09. The highest BCUT2D eigenvalue weighted by Crippen LogP contribution is 2.25. The molecule has 1 amide bonds. The maximum Gasteiger partial charge on any atom is 0.407 e. The van der Waals surface area contributed by atoms with Gasteiger partial charge in [-0.15, -0.1) is 0 Å². The van der Waals surface area contributed by atoms with Crippen LogP contribution in [0.25, 0.3) is 0 Å². The number of carboxylic acids is 1. The highest BCUT2D eigenvalue weighted by molar-refractivity contribution is 5.91. The Morgan fingerprint density at radius 3 is 2.19 bits per heavy atom. The number of anilines is 1. The van der Waals surface area contributed by atoms with Crippen molar-refractivity contribution in [2.24, 2.45) is 0 Å². The first-order chi connectivity index (χ1) is 12.0. The maximum absolute atomic E-state index is 11.9. The summed E-state index contributed by atoms with van der Waals surface area (Å²) in [5, 5.41) is 15.7. The summed E-state index contributed by atoms with van der Waals surface area (Å²) in [6.07, 6.45) is 3.20. The minimum atomic E-state index is -0.903. The Morgan fingerprint density at radius 2 is 1.65 bits per heavy atom. The topological polar surface area (TPSA) is 87.7 Å². The molecule has 1 saturated carbocycles. The lowest BCUT2D eigenvalue weighted by Crippen LogP contribution is -2.42. The van der Waals surface area contributed by atoms with E-state index in [1.165, 1.54) is 0 Å². The number of aryl methyl sites for hydroxylation is 1. The molecule has 3 N–H and O–H groups in total. The highest BCUT2D eigenvalue weighted by atomic mass is 16.6. The van der Waals surface area contributed by atoms with Crippen LogP contribution in [0.4, 0.5) is 10.5 Å². The number of ether oxygens (including phenoxy) is 1. The fourth-order valence-electron chi connectivity index (χ4n) is 3.26. The number of rotatable bonds is 4. The molecule has 2 rings (SSSR count). The number of amides is 1. The minimum Gasteiger partial charge on any atom is -0.478 e. The fourth-order valence-corrected chi connectivity index (χ4v) is 3.26. The number of hydrogen-bond acceptors (Lipinski definition) is 4. The number of alkyl carbamates (subject to hydrolysis) is 1. The number of aromatic carboxylic acids is 1. The third-order valence-corrected chi connectivity index (χ3v) is 4.72. The second-order valence-corrected chi connectivity index (χ2v) is 8.11. The summed E-state index contributed by atoms with van der Waals surface area (Å²) in [5.41, 5.74) is 2.45. The molecule has 0 aliphatic heterocycles. The van der Waals surface area contributed by atoms with E-state index in [1.54, 1.807) is 6.07 Å². The van der Waals surface area contributed by atoms with E-state index in [4.69, 9.17) is 4.74 Å². The summed E-state index contributed by atoms with van der Waals surface area (Å²) >= 11 is 0. The van der Waals surface area contributed by atoms with Crippen molar-refractivity contribution in [3.05, 3.63) is 28.8 Å². The van der Waals surface area contributed by atoms with Gasteiger partial charge >= 0.3 is 12.1 Å². The molecule has 0 saturated heterocycles. The van der Waals surface area contributed by atoms with Crippen molar-refractivity contribution in [2.75, 3.05) is 5.32 Å². The average molecular weight is 362 g/mol. The van der Waals surface area contributed by atoms with E-state index in [0.717, 1.165) is 42.5 Å². The van der Waals surface area contributed by atoms with Crippen LogP contribution < -0.4 is 10.6 Å². The van der Waals surface area contributed by atoms with E-state index in [0.29, 0.717) is 5.56 Å². The van der Waals surface area contributed by atoms with Crippen molar-refractivity contribution < 1.29 is 19.4 Å². The van der Waals surface area contributed by atoms with Crippen LogP contribution >= 0.6 is 0 Å². The first kappa shape index (κ1) is 20.1. The first-order valence-electron chi connectivity index (χ1n) is 9.16. The molecule has 0 bridgehead atoms. The Bertz CT molecular complexity index is 671. The van der Waals surface area contributed by atoms with Gasteiger partial charge in [0.1, 0.15) is 5.60 Å². The summed E-state index contributed by atoms with van der Waals surface area (Å²) in [7, 11) is 0. The van der Waals surface area contributed by atoms with Gasteiger partial charge < -0.3 is 20.5 Å². The average Bonchev–Trinajstić information content (AvgIpc) is 2.50. The SMILES string of the molecule is Cc1cc(NC2CCC(NC(=O)OC(C)(C)C)CC2)cc(C(=O)O)c1C. The van der Waals surface area contributed by atoms with Gasteiger partial charge in [0.25, 0.3) is 0 Å². The summed E-state index contributed by atoms with van der Waals surface area (Å²) in [5.74, 6) is -0.903. The lowest BCUT2D eigenvalue weighted by atomic mass is 9.91. The number of benzene rings is 1. The molecule has 1 fully saturated rings. The van der Waals surface area contributed by atoms with Crippen LogP contribution in [0.2, 0.25) is 0 Å². The maximum atomic E-state index is 11.9. The standard InChI is InChI=1S/C20H30N2O4/c1-12-10-16(11-17(13(12)2)18(23)24)21-14-6-8-15(9-7-14)22-19(25)26-20(3,4)5/h10-11,14-15,21H,6-9H2,1-5H3,(H,22,25)(H,23,24). The van der Waals surface area contributed by atoms with Crippen molar-refractivity contribution in [1.82, 2.24) is 5.32 Å². The van der Waals surface area contributed by atoms with E-state index in [1.807, 2.05) is 40.7 Å². The zero-order chi connectivity index (χ0) is 19.5. The summed E-state index contributed by atoms with van der Waals surface area (Å²) in [4.78, 5) is 23.2. The van der Waals surface area contributed by atoms with Crippen LogP contribution in [0.1, 0.15) is 67.9 Å².